The van der Waals surface area contributed by atoms with Crippen LogP contribution >= 0.6 is 0 Å². The molecule has 1 saturated heterocycles. The van der Waals surface area contributed by atoms with E-state index in [1.807, 2.05) is 18.2 Å². The second-order valence-electron chi connectivity index (χ2n) is 6.02. The SMILES string of the molecule is Cn1c(=O)n(C2CNCCN2)c2ccc(C#CCOCCCO)cc21. The number of ether oxygens (including phenoxy) is 1. The van der Waals surface area contributed by atoms with E-state index in [-0.39, 0.29) is 18.5 Å². The number of aliphatic hydroxyl groups excluding tert-OH is 1. The van der Waals surface area contributed by atoms with Gasteiger partial charge in [-0.2, -0.15) is 0 Å². The van der Waals surface area contributed by atoms with Crippen LogP contribution in [-0.2, 0) is 11.8 Å². The van der Waals surface area contributed by atoms with E-state index in [9.17, 15) is 4.79 Å². The standard InChI is InChI=1S/C18H24N4O3/c1-21-16-12-14(4-2-10-25-11-3-9-23)5-6-15(16)22(18(21)24)17-13-19-7-8-20-17/h5-6,12,17,19-20,23H,3,7-11,13H2,1H3. The average Bonchev–Trinajstić information content (AvgIpc) is 2.89. The molecule has 3 rings (SSSR count). The van der Waals surface area contributed by atoms with Crippen molar-refractivity contribution < 1.29 is 9.84 Å². The third-order valence-corrected chi connectivity index (χ3v) is 4.27. The number of nitrogens with zero attached hydrogens (tertiary/aromatic N) is 2. The molecule has 1 aromatic heterocycles. The van der Waals surface area contributed by atoms with E-state index >= 15 is 0 Å². The molecule has 3 N–H and O–H groups in total. The fourth-order valence-electron chi connectivity index (χ4n) is 2.99. The summed E-state index contributed by atoms with van der Waals surface area (Å²) in [5, 5.41) is 15.4. The predicted octanol–water partition coefficient (Wildman–Crippen LogP) is -0.218. The predicted molar refractivity (Wildman–Crippen MR) is 96.5 cm³/mol. The van der Waals surface area contributed by atoms with Crippen molar-refractivity contribution in [1.82, 2.24) is 19.8 Å². The first kappa shape index (κ1) is 17.7. The number of hydrogen-bond donors (Lipinski definition) is 3. The lowest BCUT2D eigenvalue weighted by Gasteiger charge is -2.25. The molecule has 0 bridgehead atoms. The van der Waals surface area contributed by atoms with Crippen molar-refractivity contribution in [2.45, 2.75) is 12.6 Å². The van der Waals surface area contributed by atoms with Gasteiger partial charge in [0.05, 0.1) is 17.6 Å². The van der Waals surface area contributed by atoms with Gasteiger partial charge >= 0.3 is 5.69 Å². The minimum atomic E-state index is -0.0400. The van der Waals surface area contributed by atoms with Crippen LogP contribution in [0.2, 0.25) is 0 Å². The van der Waals surface area contributed by atoms with Crippen LogP contribution in [0.1, 0.15) is 18.2 Å². The molecule has 0 aliphatic carbocycles. The summed E-state index contributed by atoms with van der Waals surface area (Å²) in [6.45, 7) is 3.44. The Hall–Kier alpha value is -2.11. The van der Waals surface area contributed by atoms with Crippen molar-refractivity contribution in [2.75, 3.05) is 39.5 Å². The molecule has 2 heterocycles. The fraction of sp³-hybridized carbons (Fsp3) is 0.500. The van der Waals surface area contributed by atoms with Gasteiger partial charge in [0.25, 0.3) is 0 Å². The number of aliphatic hydroxyl groups is 1. The number of hydrogen-bond acceptors (Lipinski definition) is 5. The first-order chi connectivity index (χ1) is 12.2. The van der Waals surface area contributed by atoms with E-state index in [1.165, 1.54) is 0 Å². The molecule has 134 valence electrons. The highest BCUT2D eigenvalue weighted by Gasteiger charge is 2.20. The molecule has 0 saturated carbocycles. The lowest BCUT2D eigenvalue weighted by molar-refractivity contribution is 0.142. The molecule has 1 unspecified atom stereocenters. The number of piperazine rings is 1. The Morgan fingerprint density at radius 2 is 2.24 bits per heavy atom. The van der Waals surface area contributed by atoms with Gasteiger partial charge in [-0.15, -0.1) is 0 Å². The third-order valence-electron chi connectivity index (χ3n) is 4.27. The first-order valence-corrected chi connectivity index (χ1v) is 8.55. The van der Waals surface area contributed by atoms with Crippen LogP contribution in [0.3, 0.4) is 0 Å². The first-order valence-electron chi connectivity index (χ1n) is 8.55. The zero-order chi connectivity index (χ0) is 17.6. The Morgan fingerprint density at radius 1 is 1.36 bits per heavy atom. The molecule has 2 aromatic rings. The maximum atomic E-state index is 12.6. The van der Waals surface area contributed by atoms with Crippen molar-refractivity contribution in [3.63, 3.8) is 0 Å². The number of fused-ring (bicyclic) bond motifs is 1. The molecule has 7 nitrogen and oxygen atoms in total. The smallest absolute Gasteiger partial charge is 0.330 e. The number of rotatable bonds is 5. The molecule has 25 heavy (non-hydrogen) atoms. The van der Waals surface area contributed by atoms with Gasteiger partial charge in [0.1, 0.15) is 12.8 Å². The van der Waals surface area contributed by atoms with Crippen molar-refractivity contribution in [1.29, 1.82) is 0 Å². The minimum Gasteiger partial charge on any atom is -0.396 e. The van der Waals surface area contributed by atoms with Gasteiger partial charge in [-0.1, -0.05) is 11.8 Å². The Kier molecular flexibility index (Phi) is 5.89. The van der Waals surface area contributed by atoms with Crippen molar-refractivity contribution in [2.24, 2.45) is 7.05 Å². The summed E-state index contributed by atoms with van der Waals surface area (Å²) in [5.41, 5.74) is 2.58. The van der Waals surface area contributed by atoms with E-state index in [4.69, 9.17) is 9.84 Å². The molecule has 0 radical (unpaired) electrons. The normalized spacial score (nSPS) is 17.4. The van der Waals surface area contributed by atoms with Crippen LogP contribution in [0.4, 0.5) is 0 Å². The molecule has 1 aliphatic heterocycles. The van der Waals surface area contributed by atoms with Gasteiger partial charge in [-0.05, 0) is 24.6 Å². The van der Waals surface area contributed by atoms with Gasteiger partial charge in [0.15, 0.2) is 0 Å². The summed E-state index contributed by atoms with van der Waals surface area (Å²) in [6.07, 6.45) is 0.578. The van der Waals surface area contributed by atoms with E-state index in [2.05, 4.69) is 22.5 Å². The van der Waals surface area contributed by atoms with Crippen LogP contribution in [0.25, 0.3) is 11.0 Å². The van der Waals surface area contributed by atoms with E-state index in [0.717, 1.165) is 36.2 Å². The number of aromatic nitrogens is 2. The maximum Gasteiger partial charge on any atom is 0.330 e. The van der Waals surface area contributed by atoms with E-state index in [0.29, 0.717) is 19.6 Å². The quantitative estimate of drug-likeness (QED) is 0.516. The van der Waals surface area contributed by atoms with Crippen LogP contribution in [-0.4, -0.2) is 53.7 Å². The molecule has 1 fully saturated rings. The van der Waals surface area contributed by atoms with E-state index < -0.39 is 0 Å². The summed E-state index contributed by atoms with van der Waals surface area (Å²) in [4.78, 5) is 12.6. The third kappa shape index (κ3) is 3.94. The summed E-state index contributed by atoms with van der Waals surface area (Å²) in [5.74, 6) is 6.02. The van der Waals surface area contributed by atoms with Gasteiger partial charge in [0, 0.05) is 38.9 Å². The van der Waals surface area contributed by atoms with E-state index in [1.54, 1.807) is 16.2 Å². The summed E-state index contributed by atoms with van der Waals surface area (Å²) in [6, 6.07) is 5.81. The summed E-state index contributed by atoms with van der Waals surface area (Å²) < 4.78 is 8.76. The molecular weight excluding hydrogens is 320 g/mol. The van der Waals surface area contributed by atoms with Crippen molar-refractivity contribution in [3.8, 4) is 11.8 Å². The topological polar surface area (TPSA) is 80.5 Å². The largest absolute Gasteiger partial charge is 0.396 e. The number of benzene rings is 1. The van der Waals surface area contributed by atoms with Crippen molar-refractivity contribution in [3.05, 3.63) is 34.2 Å². The molecule has 1 aromatic carbocycles. The van der Waals surface area contributed by atoms with Gasteiger partial charge < -0.3 is 15.2 Å². The zero-order valence-corrected chi connectivity index (χ0v) is 14.4. The molecular formula is C18H24N4O3. The lowest BCUT2D eigenvalue weighted by atomic mass is 10.2. The second kappa shape index (κ2) is 8.32. The number of aryl methyl sites for hydroxylation is 1. The molecule has 1 atom stereocenters. The highest BCUT2D eigenvalue weighted by Crippen LogP contribution is 2.17. The van der Waals surface area contributed by atoms with Gasteiger partial charge in [-0.25, -0.2) is 4.79 Å². The molecule has 0 spiro atoms. The Balaban J connectivity index is 1.82. The molecule has 0 amide bonds. The van der Waals surface area contributed by atoms with Crippen LogP contribution in [0.15, 0.2) is 23.0 Å². The second-order valence-corrected chi connectivity index (χ2v) is 6.02. The summed E-state index contributed by atoms with van der Waals surface area (Å²) >= 11 is 0. The highest BCUT2D eigenvalue weighted by molar-refractivity contribution is 5.78. The molecule has 7 heteroatoms. The lowest BCUT2D eigenvalue weighted by Crippen LogP contribution is -2.48. The average molecular weight is 344 g/mol. The van der Waals surface area contributed by atoms with Crippen LogP contribution in [0, 0.1) is 11.8 Å². The minimum absolute atomic E-state index is 0.0337. The maximum absolute atomic E-state index is 12.6. The number of nitrogens with one attached hydrogen (secondary N) is 2. The Labute approximate surface area is 146 Å². The van der Waals surface area contributed by atoms with Gasteiger partial charge in [0.2, 0.25) is 0 Å². The monoisotopic (exact) mass is 344 g/mol. The fourth-order valence-corrected chi connectivity index (χ4v) is 2.99. The van der Waals surface area contributed by atoms with Crippen molar-refractivity contribution >= 4 is 11.0 Å². The highest BCUT2D eigenvalue weighted by atomic mass is 16.5. The van der Waals surface area contributed by atoms with Crippen LogP contribution in [0.5, 0.6) is 0 Å². The number of imidazole rings is 1. The summed E-state index contributed by atoms with van der Waals surface area (Å²) in [7, 11) is 1.78. The molecule has 1 aliphatic rings. The Morgan fingerprint density at radius 3 is 3.00 bits per heavy atom. The van der Waals surface area contributed by atoms with Gasteiger partial charge in [-0.3, -0.25) is 14.5 Å². The van der Waals surface area contributed by atoms with Crippen LogP contribution < -0.4 is 16.3 Å². The zero-order valence-electron chi connectivity index (χ0n) is 14.4. The Bertz CT molecular complexity index is 838.